The number of hydrogen-bond donors (Lipinski definition) is 15. The molecule has 10 amide bonds. The minimum atomic E-state index is -1.82. The summed E-state index contributed by atoms with van der Waals surface area (Å²) in [5.41, 5.74) is 21.5. The van der Waals surface area contributed by atoms with Gasteiger partial charge in [-0.15, -0.1) is 0 Å². The molecule has 0 saturated heterocycles. The summed E-state index contributed by atoms with van der Waals surface area (Å²) < 4.78 is 0. The minimum absolute atomic E-state index is 0.0179. The van der Waals surface area contributed by atoms with Crippen LogP contribution in [0.3, 0.4) is 0 Å². The Morgan fingerprint density at radius 1 is 0.511 bits per heavy atom. The van der Waals surface area contributed by atoms with E-state index in [-0.39, 0.29) is 54.6 Å². The van der Waals surface area contributed by atoms with Crippen LogP contribution in [0.25, 0.3) is 21.8 Å². The number of benzene rings is 3. The standard InChI is InChI=1S/C61H74N14O13S2/c1-32(2)19-43-54(80)73-48(24-52(64)78)58(84)72-45(21-34-25-65-41-17-8-6-15-38(34)41)56(82)70-44(20-33-11-4-3-5-12-33)55(81)71-46(22-35-26-66-42-18-9-7-16-39(35)42)57(83)75-50(61(87)88)31-90-29-37-14-10-13-36(67-37)28-89-30-40(62)53(79)68-47(23-51(63)77)59(85)74-49(27-76)60(86)69-43/h3-18,25-26,32,40,43-50,65-66,76H,19-24,27-31,62H2,1-2H3,(H2,63,77)(H2,64,78)(H,68,79)(H,69,86)(H,70,82)(H,71,81)(H,72,84)(H,73,80)(H,74,85)(H,75,83)(H,87,88)/t40-,43-,44-,45-,46-,47-,48-,49-,50-/m0/s1. The number of nitrogens with zero attached hydrogens (tertiary/aromatic N) is 1. The highest BCUT2D eigenvalue weighted by molar-refractivity contribution is 7.98. The number of pyridine rings is 1. The molecule has 1 aliphatic heterocycles. The molecule has 2 bridgehead atoms. The molecule has 27 nitrogen and oxygen atoms in total. The fourth-order valence-corrected chi connectivity index (χ4v) is 11.8. The third-order valence-electron chi connectivity index (χ3n) is 14.5. The van der Waals surface area contributed by atoms with Gasteiger partial charge in [0.1, 0.15) is 48.3 Å². The molecule has 6 aromatic rings. The zero-order chi connectivity index (χ0) is 65.0. The molecule has 29 heteroatoms. The predicted molar refractivity (Wildman–Crippen MR) is 336 cm³/mol. The Bertz CT molecular complexity index is 3570. The predicted octanol–water partition coefficient (Wildman–Crippen LogP) is -0.668. The van der Waals surface area contributed by atoms with Crippen molar-refractivity contribution in [3.05, 3.63) is 138 Å². The number of carboxylic acid groups (broad SMARTS) is 1. The number of H-pyrrole nitrogens is 2. The van der Waals surface area contributed by atoms with Gasteiger partial charge in [-0.25, -0.2) is 4.79 Å². The van der Waals surface area contributed by atoms with Crippen LogP contribution in [-0.4, -0.2) is 163 Å². The number of aliphatic hydroxyl groups excluding tert-OH is 1. The summed E-state index contributed by atoms with van der Waals surface area (Å²) in [5, 5.41) is 42.6. The number of aliphatic hydroxyl groups is 1. The summed E-state index contributed by atoms with van der Waals surface area (Å²) in [6, 6.07) is 14.0. The smallest absolute Gasteiger partial charge is 0.327 e. The monoisotopic (exact) mass is 1270 g/mol. The molecule has 3 aromatic heterocycles. The lowest BCUT2D eigenvalue weighted by Crippen LogP contribution is -2.61. The van der Waals surface area contributed by atoms with E-state index >= 15 is 9.59 Å². The maximum atomic E-state index is 15.1. The number of fused-ring (bicyclic) bond motifs is 4. The van der Waals surface area contributed by atoms with Crippen LogP contribution in [0.5, 0.6) is 0 Å². The molecular formula is C61H74N14O13S2. The number of nitrogens with one attached hydrogen (secondary N) is 10. The minimum Gasteiger partial charge on any atom is -0.480 e. The molecule has 90 heavy (non-hydrogen) atoms. The SMILES string of the molecule is CC(C)C[C@@H]1NC(=O)[C@H](CO)NC(=O)[C@H](CC(N)=O)NC(=O)[C@@H](N)CSCc2cccc(n2)CSC[C@@H](C(=O)O)NC(=O)[C@H](Cc2c[nH]c3ccccc23)NC(=O)[C@H](Cc2ccccc2)NC(=O)[C@H](Cc2c[nH]c3ccccc23)NC(=O)[C@H](CC(N)=O)NC1=O. The van der Waals surface area contributed by atoms with Crippen LogP contribution in [0.4, 0.5) is 0 Å². The van der Waals surface area contributed by atoms with Gasteiger partial charge >= 0.3 is 5.97 Å². The molecule has 0 unspecified atom stereocenters. The molecule has 4 heterocycles. The van der Waals surface area contributed by atoms with Gasteiger partial charge in [-0.05, 0) is 53.3 Å². The lowest BCUT2D eigenvalue weighted by molar-refractivity contribution is -0.141. The number of nitrogens with two attached hydrogens (primary N) is 3. The lowest BCUT2D eigenvalue weighted by Gasteiger charge is -2.28. The van der Waals surface area contributed by atoms with Crippen LogP contribution in [0.15, 0.2) is 109 Å². The average Bonchev–Trinajstić information content (AvgIpc) is 2.00. The number of carbonyl (C=O) groups is 11. The maximum Gasteiger partial charge on any atom is 0.327 e. The van der Waals surface area contributed by atoms with Gasteiger partial charge in [0.15, 0.2) is 0 Å². The first-order chi connectivity index (χ1) is 43.0. The van der Waals surface area contributed by atoms with Crippen LogP contribution < -0.4 is 59.7 Å². The third-order valence-corrected chi connectivity index (χ3v) is 16.7. The van der Waals surface area contributed by atoms with Crippen molar-refractivity contribution in [3.63, 3.8) is 0 Å². The summed E-state index contributed by atoms with van der Waals surface area (Å²) in [7, 11) is 0. The van der Waals surface area contributed by atoms with E-state index in [1.807, 2.05) is 18.2 Å². The summed E-state index contributed by atoms with van der Waals surface area (Å²) in [5.74, 6) is -11.5. The fraction of sp³-hybridized carbons (Fsp3) is 0.377. The second-order valence-electron chi connectivity index (χ2n) is 22.1. The van der Waals surface area contributed by atoms with Gasteiger partial charge in [-0.3, -0.25) is 52.9 Å². The molecule has 0 radical (unpaired) electrons. The molecule has 7 rings (SSSR count). The molecule has 18 N–H and O–H groups in total. The van der Waals surface area contributed by atoms with Crippen molar-refractivity contribution in [2.75, 3.05) is 18.1 Å². The summed E-state index contributed by atoms with van der Waals surface area (Å²) in [4.78, 5) is 164. The Morgan fingerprint density at radius 2 is 0.922 bits per heavy atom. The number of primary amides is 2. The lowest BCUT2D eigenvalue weighted by atomic mass is 10.00. The second kappa shape index (κ2) is 32.8. The van der Waals surface area contributed by atoms with Gasteiger partial charge in [-0.1, -0.05) is 86.6 Å². The molecule has 478 valence electrons. The van der Waals surface area contributed by atoms with E-state index in [9.17, 15) is 53.4 Å². The zero-order valence-corrected chi connectivity index (χ0v) is 51.0. The third kappa shape index (κ3) is 19.8. The van der Waals surface area contributed by atoms with Gasteiger partial charge in [0.05, 0.1) is 36.9 Å². The number of aromatic nitrogens is 3. The first kappa shape index (κ1) is 68.2. The van der Waals surface area contributed by atoms with Crippen molar-refractivity contribution >= 4 is 110 Å². The van der Waals surface area contributed by atoms with Crippen molar-refractivity contribution < 1.29 is 63.0 Å². The average molecular weight is 1280 g/mol. The maximum absolute atomic E-state index is 15.1. The molecule has 0 fully saturated rings. The molecule has 0 aliphatic carbocycles. The number of carbonyl (C=O) groups excluding carboxylic acids is 10. The highest BCUT2D eigenvalue weighted by Gasteiger charge is 2.37. The highest BCUT2D eigenvalue weighted by atomic mass is 32.2. The summed E-state index contributed by atoms with van der Waals surface area (Å²) in [6.07, 6.45) is 0.992. The van der Waals surface area contributed by atoms with Gasteiger partial charge < -0.3 is 79.9 Å². The Kier molecular flexibility index (Phi) is 24.8. The van der Waals surface area contributed by atoms with Crippen LogP contribution in [0.2, 0.25) is 0 Å². The van der Waals surface area contributed by atoms with E-state index in [1.54, 1.807) is 105 Å². The van der Waals surface area contributed by atoms with E-state index in [0.717, 1.165) is 17.3 Å². The zero-order valence-electron chi connectivity index (χ0n) is 49.3. The topological polar surface area (TPSA) is 447 Å². The van der Waals surface area contributed by atoms with Crippen LogP contribution >= 0.6 is 23.5 Å². The number of rotatable bonds is 14. The molecule has 1 aliphatic rings. The van der Waals surface area contributed by atoms with E-state index < -0.39 is 139 Å². The second-order valence-corrected chi connectivity index (χ2v) is 24.1. The van der Waals surface area contributed by atoms with E-state index in [0.29, 0.717) is 44.4 Å². The number of thioether (sulfide) groups is 2. The number of hydrogen-bond acceptors (Lipinski definition) is 16. The van der Waals surface area contributed by atoms with E-state index in [2.05, 4.69) is 57.5 Å². The Hall–Kier alpha value is -9.32. The number of aliphatic carboxylic acids is 1. The highest BCUT2D eigenvalue weighted by Crippen LogP contribution is 2.23. The largest absolute Gasteiger partial charge is 0.480 e. The number of aromatic amines is 2. The van der Waals surface area contributed by atoms with E-state index in [1.165, 1.54) is 11.8 Å². The summed E-state index contributed by atoms with van der Waals surface area (Å²) >= 11 is 2.36. The van der Waals surface area contributed by atoms with Crippen molar-refractivity contribution in [1.82, 2.24) is 57.5 Å². The van der Waals surface area contributed by atoms with Gasteiger partial charge in [0.25, 0.3) is 0 Å². The van der Waals surface area contributed by atoms with Gasteiger partial charge in [-0.2, -0.15) is 23.5 Å². The van der Waals surface area contributed by atoms with Crippen LogP contribution in [0.1, 0.15) is 61.2 Å². The van der Waals surface area contributed by atoms with Crippen molar-refractivity contribution in [3.8, 4) is 0 Å². The molecule has 3 aromatic carbocycles. The van der Waals surface area contributed by atoms with Gasteiger partial charge in [0.2, 0.25) is 59.1 Å². The molecular weight excluding hydrogens is 1200 g/mol. The molecule has 0 saturated carbocycles. The molecule has 0 spiro atoms. The quantitative estimate of drug-likeness (QED) is 0.0643. The fourth-order valence-electron chi connectivity index (χ4n) is 9.93. The normalized spacial score (nSPS) is 23.0. The number of amides is 10. The van der Waals surface area contributed by atoms with Crippen LogP contribution in [0, 0.1) is 5.92 Å². The van der Waals surface area contributed by atoms with Crippen LogP contribution in [-0.2, 0) is 83.5 Å². The summed E-state index contributed by atoms with van der Waals surface area (Å²) in [6.45, 7) is 2.34. The molecule has 9 atom stereocenters. The number of para-hydroxylation sites is 2. The Labute approximate surface area is 525 Å². The Balaban J connectivity index is 1.26. The first-order valence-corrected chi connectivity index (χ1v) is 31.2. The van der Waals surface area contributed by atoms with E-state index in [4.69, 9.17) is 17.2 Å². The van der Waals surface area contributed by atoms with Crippen molar-refractivity contribution in [2.45, 2.75) is 118 Å². The van der Waals surface area contributed by atoms with Gasteiger partial charge in [0, 0.05) is 76.5 Å². The van der Waals surface area contributed by atoms with Crippen molar-refractivity contribution in [1.29, 1.82) is 0 Å². The number of carboxylic acids is 1. The Morgan fingerprint density at radius 3 is 1.42 bits per heavy atom. The van der Waals surface area contributed by atoms with Crippen molar-refractivity contribution in [2.24, 2.45) is 23.1 Å². The first-order valence-electron chi connectivity index (χ1n) is 28.9.